The van der Waals surface area contributed by atoms with Crippen molar-refractivity contribution in [3.05, 3.63) is 0 Å². The number of rotatable bonds is 0. The number of hydrogen-bond donors (Lipinski definition) is 1. The minimum atomic E-state index is -0.0651. The summed E-state index contributed by atoms with van der Waals surface area (Å²) in [4.78, 5) is 12.4. The Morgan fingerprint density at radius 2 is 1.67 bits per heavy atom. The second kappa shape index (κ2) is 4.57. The molecule has 0 heterocycles. The minimum Gasteiger partial charge on any atom is -0.393 e. The van der Waals surface area contributed by atoms with E-state index < -0.39 is 0 Å². The van der Waals surface area contributed by atoms with Gasteiger partial charge in [-0.2, -0.15) is 0 Å². The van der Waals surface area contributed by atoms with Gasteiger partial charge in [0.1, 0.15) is 5.78 Å². The average Bonchev–Trinajstić information content (AvgIpc) is 2.73. The number of aliphatic hydroxyl groups is 1. The van der Waals surface area contributed by atoms with Crippen LogP contribution in [-0.4, -0.2) is 17.0 Å². The van der Waals surface area contributed by atoms with Crippen LogP contribution < -0.4 is 0 Å². The molecule has 118 valence electrons. The lowest BCUT2D eigenvalue weighted by Crippen LogP contribution is -2.52. The normalized spacial score (nSPS) is 56.5. The first-order valence-electron chi connectivity index (χ1n) is 9.15. The predicted molar refractivity (Wildman–Crippen MR) is 82.7 cm³/mol. The van der Waals surface area contributed by atoms with Crippen molar-refractivity contribution >= 4 is 5.78 Å². The molecule has 7 unspecified atom stereocenters. The Balaban J connectivity index is 1.62. The highest BCUT2D eigenvalue weighted by Gasteiger charge is 2.58. The molecule has 0 spiro atoms. The molecule has 1 N–H and O–H groups in total. The topological polar surface area (TPSA) is 37.3 Å². The van der Waals surface area contributed by atoms with Crippen molar-refractivity contribution in [2.45, 2.75) is 77.7 Å². The van der Waals surface area contributed by atoms with Gasteiger partial charge in [-0.3, -0.25) is 4.79 Å². The van der Waals surface area contributed by atoms with E-state index in [4.69, 9.17) is 0 Å². The Labute approximate surface area is 128 Å². The fraction of sp³-hybridized carbons (Fsp3) is 0.947. The monoisotopic (exact) mass is 290 g/mol. The molecule has 4 rings (SSSR count). The molecule has 0 aliphatic heterocycles. The number of carbonyl (C=O) groups is 1. The van der Waals surface area contributed by atoms with Gasteiger partial charge in [-0.05, 0) is 80.5 Å². The van der Waals surface area contributed by atoms with Gasteiger partial charge in [-0.15, -0.1) is 0 Å². The van der Waals surface area contributed by atoms with Crippen LogP contribution in [0.25, 0.3) is 0 Å². The van der Waals surface area contributed by atoms with Gasteiger partial charge in [0.15, 0.2) is 0 Å². The molecule has 4 aliphatic carbocycles. The standard InChI is InChI=1S/C19H30O2/c1-18-9-7-14-13(15(18)4-3-12(20)11-18)8-10-19(2)16(14)5-6-17(19)21/h12-16,20H,3-11H2,1-2H3. The number of hydrogen-bond acceptors (Lipinski definition) is 2. The van der Waals surface area contributed by atoms with E-state index in [1.165, 1.54) is 25.7 Å². The van der Waals surface area contributed by atoms with Crippen LogP contribution in [0, 0.1) is 34.5 Å². The van der Waals surface area contributed by atoms with Crippen LogP contribution >= 0.6 is 0 Å². The molecule has 7 atom stereocenters. The van der Waals surface area contributed by atoms with Crippen LogP contribution in [0.4, 0.5) is 0 Å². The Morgan fingerprint density at radius 3 is 2.48 bits per heavy atom. The quantitative estimate of drug-likeness (QED) is 0.733. The molecule has 2 nitrogen and oxygen atoms in total. The number of fused-ring (bicyclic) bond motifs is 5. The van der Waals surface area contributed by atoms with Crippen molar-refractivity contribution in [2.24, 2.45) is 34.5 Å². The minimum absolute atomic E-state index is 0.0170. The average molecular weight is 290 g/mol. The second-order valence-electron chi connectivity index (χ2n) is 9.09. The largest absolute Gasteiger partial charge is 0.393 e. The molecule has 2 heteroatoms. The number of Topliss-reactive ketones (excluding diaryl/α,β-unsaturated/α-hetero) is 1. The fourth-order valence-corrected chi connectivity index (χ4v) is 7.03. The Kier molecular flexibility index (Phi) is 3.10. The molecule has 0 aromatic rings. The second-order valence-corrected chi connectivity index (χ2v) is 9.09. The maximum absolute atomic E-state index is 12.4. The molecular formula is C19H30O2. The molecular weight excluding hydrogens is 260 g/mol. The highest BCUT2D eigenvalue weighted by atomic mass is 16.3. The summed E-state index contributed by atoms with van der Waals surface area (Å²) in [5, 5.41) is 10.1. The lowest BCUT2D eigenvalue weighted by Gasteiger charge is -2.58. The van der Waals surface area contributed by atoms with Crippen molar-refractivity contribution in [3.63, 3.8) is 0 Å². The first-order chi connectivity index (χ1) is 9.94. The van der Waals surface area contributed by atoms with E-state index in [1.54, 1.807) is 0 Å². The van der Waals surface area contributed by atoms with Crippen molar-refractivity contribution < 1.29 is 9.90 Å². The van der Waals surface area contributed by atoms with Crippen LogP contribution in [0.1, 0.15) is 71.6 Å². The number of aliphatic hydroxyl groups excluding tert-OH is 1. The zero-order chi connectivity index (χ0) is 14.8. The van der Waals surface area contributed by atoms with Gasteiger partial charge in [0, 0.05) is 11.8 Å². The molecule has 0 radical (unpaired) electrons. The third kappa shape index (κ3) is 1.90. The molecule has 0 aromatic heterocycles. The summed E-state index contributed by atoms with van der Waals surface area (Å²) >= 11 is 0. The summed E-state index contributed by atoms with van der Waals surface area (Å²) in [6, 6.07) is 0. The van der Waals surface area contributed by atoms with E-state index in [1.807, 2.05) is 0 Å². The smallest absolute Gasteiger partial charge is 0.139 e. The Morgan fingerprint density at radius 1 is 0.952 bits per heavy atom. The molecule has 4 aliphatic rings. The SMILES string of the molecule is CC12CCC3C(CCC4(C)C(=O)CCC34)C1CCC(O)C2. The third-order valence-corrected chi connectivity index (χ3v) is 8.18. The molecule has 4 saturated carbocycles. The molecule has 0 aromatic carbocycles. The summed E-state index contributed by atoms with van der Waals surface area (Å²) < 4.78 is 0. The van der Waals surface area contributed by atoms with E-state index in [2.05, 4.69) is 13.8 Å². The van der Waals surface area contributed by atoms with E-state index in [-0.39, 0.29) is 11.5 Å². The molecule has 4 fully saturated rings. The van der Waals surface area contributed by atoms with Gasteiger partial charge in [-0.1, -0.05) is 13.8 Å². The van der Waals surface area contributed by atoms with Crippen molar-refractivity contribution in [2.75, 3.05) is 0 Å². The summed E-state index contributed by atoms with van der Waals surface area (Å²) in [6.45, 7) is 4.70. The van der Waals surface area contributed by atoms with Crippen LogP contribution in [0.5, 0.6) is 0 Å². The van der Waals surface area contributed by atoms with Gasteiger partial charge in [-0.25, -0.2) is 0 Å². The van der Waals surface area contributed by atoms with Gasteiger partial charge in [0.25, 0.3) is 0 Å². The maximum Gasteiger partial charge on any atom is 0.139 e. The number of carbonyl (C=O) groups excluding carboxylic acids is 1. The maximum atomic E-state index is 12.4. The van der Waals surface area contributed by atoms with Crippen LogP contribution in [0.3, 0.4) is 0 Å². The van der Waals surface area contributed by atoms with Crippen LogP contribution in [-0.2, 0) is 4.79 Å². The van der Waals surface area contributed by atoms with E-state index in [0.717, 1.165) is 49.9 Å². The summed E-state index contributed by atoms with van der Waals surface area (Å²) in [5.74, 6) is 3.65. The van der Waals surface area contributed by atoms with E-state index in [0.29, 0.717) is 17.1 Å². The Hall–Kier alpha value is -0.370. The highest BCUT2D eigenvalue weighted by molar-refractivity contribution is 5.87. The third-order valence-electron chi connectivity index (χ3n) is 8.18. The zero-order valence-electron chi connectivity index (χ0n) is 13.6. The number of ketones is 1. The summed E-state index contributed by atoms with van der Waals surface area (Å²) in [6.07, 6.45) is 10.1. The zero-order valence-corrected chi connectivity index (χ0v) is 13.6. The van der Waals surface area contributed by atoms with Gasteiger partial charge in [0.05, 0.1) is 6.10 Å². The molecule has 0 bridgehead atoms. The van der Waals surface area contributed by atoms with Crippen molar-refractivity contribution in [1.82, 2.24) is 0 Å². The van der Waals surface area contributed by atoms with Crippen LogP contribution in [0.15, 0.2) is 0 Å². The molecule has 0 saturated heterocycles. The predicted octanol–water partition coefficient (Wildman–Crippen LogP) is 3.96. The molecule has 21 heavy (non-hydrogen) atoms. The molecule has 0 amide bonds. The van der Waals surface area contributed by atoms with Crippen LogP contribution in [0.2, 0.25) is 0 Å². The first-order valence-corrected chi connectivity index (χ1v) is 9.15. The van der Waals surface area contributed by atoms with Gasteiger partial charge in [0.2, 0.25) is 0 Å². The lowest BCUT2D eigenvalue weighted by molar-refractivity contribution is -0.138. The van der Waals surface area contributed by atoms with Gasteiger partial charge < -0.3 is 5.11 Å². The lowest BCUT2D eigenvalue weighted by atomic mass is 9.46. The van der Waals surface area contributed by atoms with E-state index in [9.17, 15) is 9.90 Å². The Bertz CT molecular complexity index is 458. The van der Waals surface area contributed by atoms with E-state index >= 15 is 0 Å². The first kappa shape index (κ1) is 14.2. The summed E-state index contributed by atoms with van der Waals surface area (Å²) in [5.41, 5.74) is 0.387. The van der Waals surface area contributed by atoms with Gasteiger partial charge >= 0.3 is 0 Å². The van der Waals surface area contributed by atoms with Crippen molar-refractivity contribution in [1.29, 1.82) is 0 Å². The fourth-order valence-electron chi connectivity index (χ4n) is 7.03. The van der Waals surface area contributed by atoms with Crippen molar-refractivity contribution in [3.8, 4) is 0 Å². The highest BCUT2D eigenvalue weighted by Crippen LogP contribution is 2.64. The summed E-state index contributed by atoms with van der Waals surface area (Å²) in [7, 11) is 0.